The van der Waals surface area contributed by atoms with Crippen LogP contribution in [0.2, 0.25) is 0 Å². The van der Waals surface area contributed by atoms with Crippen molar-refractivity contribution in [3.8, 4) is 0 Å². The fraction of sp³-hybridized carbons (Fsp3) is 0.700. The average molecular weight is 258 g/mol. The van der Waals surface area contributed by atoms with Crippen LogP contribution in [0.4, 0.5) is 5.82 Å². The molecule has 8 heteroatoms. The minimum absolute atomic E-state index is 0.00892. The van der Waals surface area contributed by atoms with Crippen molar-refractivity contribution in [3.63, 3.8) is 0 Å². The van der Waals surface area contributed by atoms with Crippen LogP contribution in [-0.4, -0.2) is 62.4 Å². The van der Waals surface area contributed by atoms with Crippen molar-refractivity contribution in [1.29, 1.82) is 0 Å². The third-order valence-corrected chi connectivity index (χ3v) is 2.69. The van der Waals surface area contributed by atoms with Crippen LogP contribution in [0.5, 0.6) is 0 Å². The van der Waals surface area contributed by atoms with E-state index in [1.807, 2.05) is 4.90 Å². The Balaban J connectivity index is 2.66. The van der Waals surface area contributed by atoms with E-state index in [0.717, 1.165) is 0 Å². The van der Waals surface area contributed by atoms with E-state index in [2.05, 4.69) is 4.98 Å². The summed E-state index contributed by atoms with van der Waals surface area (Å²) in [6, 6.07) is 0. The molecule has 0 amide bonds. The van der Waals surface area contributed by atoms with Crippen LogP contribution in [0.25, 0.3) is 0 Å². The number of nitro groups is 1. The summed E-state index contributed by atoms with van der Waals surface area (Å²) in [7, 11) is 0. The fourth-order valence-electron chi connectivity index (χ4n) is 1.74. The highest BCUT2D eigenvalue weighted by Gasteiger charge is 2.17. The second-order valence-corrected chi connectivity index (χ2v) is 3.86. The topological polar surface area (TPSA) is 105 Å². The number of aromatic nitrogens is 2. The van der Waals surface area contributed by atoms with Gasteiger partial charge < -0.3 is 20.3 Å². The Morgan fingerprint density at radius 3 is 2.50 bits per heavy atom. The quantitative estimate of drug-likeness (QED) is 0.476. The highest BCUT2D eigenvalue weighted by Crippen LogP contribution is 2.13. The molecule has 8 nitrogen and oxygen atoms in total. The Morgan fingerprint density at radius 1 is 1.39 bits per heavy atom. The molecule has 0 aromatic carbocycles. The van der Waals surface area contributed by atoms with Gasteiger partial charge in [-0.3, -0.25) is 4.90 Å². The van der Waals surface area contributed by atoms with Crippen LogP contribution in [0, 0.1) is 17.0 Å². The number of aryl methyl sites for hydroxylation is 1. The summed E-state index contributed by atoms with van der Waals surface area (Å²) >= 11 is 0. The van der Waals surface area contributed by atoms with Crippen molar-refractivity contribution in [2.24, 2.45) is 0 Å². The van der Waals surface area contributed by atoms with Gasteiger partial charge in [0.15, 0.2) is 5.82 Å². The highest BCUT2D eigenvalue weighted by atomic mass is 16.6. The number of hydrogen-bond acceptors (Lipinski definition) is 6. The predicted molar refractivity (Wildman–Crippen MR) is 64.2 cm³/mol. The molecule has 1 aromatic rings. The van der Waals surface area contributed by atoms with E-state index in [0.29, 0.717) is 32.0 Å². The van der Waals surface area contributed by atoms with Gasteiger partial charge in [-0.15, -0.1) is 0 Å². The van der Waals surface area contributed by atoms with E-state index in [9.17, 15) is 10.1 Å². The lowest BCUT2D eigenvalue weighted by Gasteiger charge is -2.19. The number of aliphatic hydroxyl groups is 2. The molecule has 0 bridgehead atoms. The molecular weight excluding hydrogens is 240 g/mol. The molecule has 1 heterocycles. The molecule has 0 spiro atoms. The summed E-state index contributed by atoms with van der Waals surface area (Å²) in [4.78, 5) is 16.1. The molecular formula is C10H18N4O4. The Morgan fingerprint density at radius 2 is 2.00 bits per heavy atom. The predicted octanol–water partition coefficient (Wildman–Crippen LogP) is -0.614. The molecule has 2 N–H and O–H groups in total. The Bertz CT molecular complexity index is 387. The van der Waals surface area contributed by atoms with Crippen molar-refractivity contribution in [2.75, 3.05) is 32.8 Å². The zero-order valence-electron chi connectivity index (χ0n) is 10.3. The van der Waals surface area contributed by atoms with Crippen molar-refractivity contribution < 1.29 is 15.1 Å². The first kappa shape index (κ1) is 14.6. The van der Waals surface area contributed by atoms with Crippen molar-refractivity contribution in [2.45, 2.75) is 13.5 Å². The molecule has 0 aliphatic heterocycles. The molecule has 0 aliphatic carbocycles. The van der Waals surface area contributed by atoms with E-state index in [4.69, 9.17) is 10.2 Å². The minimum Gasteiger partial charge on any atom is -0.395 e. The second kappa shape index (κ2) is 7.04. The van der Waals surface area contributed by atoms with Gasteiger partial charge in [-0.05, 0) is 4.92 Å². The van der Waals surface area contributed by atoms with Gasteiger partial charge in [-0.2, -0.15) is 0 Å². The van der Waals surface area contributed by atoms with Crippen LogP contribution >= 0.6 is 0 Å². The van der Waals surface area contributed by atoms with Crippen LogP contribution in [0.15, 0.2) is 6.20 Å². The highest BCUT2D eigenvalue weighted by molar-refractivity contribution is 5.18. The van der Waals surface area contributed by atoms with Gasteiger partial charge in [0.05, 0.1) is 13.2 Å². The van der Waals surface area contributed by atoms with Gasteiger partial charge in [-0.1, -0.05) is 0 Å². The van der Waals surface area contributed by atoms with Crippen molar-refractivity contribution >= 4 is 5.82 Å². The van der Waals surface area contributed by atoms with Gasteiger partial charge in [0.1, 0.15) is 12.7 Å². The van der Waals surface area contributed by atoms with Crippen LogP contribution in [0.1, 0.15) is 5.82 Å². The summed E-state index contributed by atoms with van der Waals surface area (Å²) in [5, 5.41) is 28.5. The van der Waals surface area contributed by atoms with Gasteiger partial charge in [0.2, 0.25) is 0 Å². The van der Waals surface area contributed by atoms with Crippen LogP contribution in [-0.2, 0) is 6.54 Å². The first-order chi connectivity index (χ1) is 8.60. The zero-order chi connectivity index (χ0) is 13.5. The third kappa shape index (κ3) is 3.76. The Hall–Kier alpha value is -1.51. The first-order valence-corrected chi connectivity index (χ1v) is 5.70. The second-order valence-electron chi connectivity index (χ2n) is 3.86. The summed E-state index contributed by atoms with van der Waals surface area (Å²) in [6.45, 7) is 3.47. The molecule has 0 fully saturated rings. The minimum atomic E-state index is -0.470. The standard InChI is InChI=1S/C10H18N4O4/c1-9-11-8-10(14(17)18)13(9)3-2-12(4-6-15)5-7-16/h8,15-16H,2-7H2,1H3. The lowest BCUT2D eigenvalue weighted by molar-refractivity contribution is -0.392. The average Bonchev–Trinajstić information content (AvgIpc) is 2.68. The number of aliphatic hydroxyl groups excluding tert-OH is 2. The molecule has 0 atom stereocenters. The van der Waals surface area contributed by atoms with Crippen molar-refractivity contribution in [3.05, 3.63) is 22.1 Å². The van der Waals surface area contributed by atoms with Crippen molar-refractivity contribution in [1.82, 2.24) is 14.5 Å². The number of imidazole rings is 1. The van der Waals surface area contributed by atoms with Crippen LogP contribution < -0.4 is 0 Å². The van der Waals surface area contributed by atoms with E-state index in [1.54, 1.807) is 6.92 Å². The molecule has 0 saturated heterocycles. The number of nitrogens with zero attached hydrogens (tertiary/aromatic N) is 4. The Kier molecular flexibility index (Phi) is 5.69. The molecule has 102 valence electrons. The van der Waals surface area contributed by atoms with Gasteiger partial charge in [0.25, 0.3) is 0 Å². The van der Waals surface area contributed by atoms with E-state index in [1.165, 1.54) is 10.8 Å². The number of hydrogen-bond donors (Lipinski definition) is 2. The monoisotopic (exact) mass is 258 g/mol. The summed E-state index contributed by atoms with van der Waals surface area (Å²) < 4.78 is 1.52. The summed E-state index contributed by atoms with van der Waals surface area (Å²) in [6.07, 6.45) is 1.23. The number of rotatable bonds is 8. The maximum Gasteiger partial charge on any atom is 0.342 e. The largest absolute Gasteiger partial charge is 0.395 e. The molecule has 1 rings (SSSR count). The normalized spacial score (nSPS) is 11.1. The molecule has 0 saturated carbocycles. The summed E-state index contributed by atoms with van der Waals surface area (Å²) in [5.74, 6) is 0.537. The lowest BCUT2D eigenvalue weighted by Crippen LogP contribution is -2.33. The zero-order valence-corrected chi connectivity index (χ0v) is 10.3. The van der Waals surface area contributed by atoms with Gasteiger partial charge >= 0.3 is 5.82 Å². The molecule has 1 aromatic heterocycles. The SMILES string of the molecule is Cc1ncc([N+](=O)[O-])n1CCN(CCO)CCO. The molecule has 18 heavy (non-hydrogen) atoms. The molecule has 0 aliphatic rings. The lowest BCUT2D eigenvalue weighted by atomic mass is 10.4. The maximum atomic E-state index is 10.8. The molecule has 0 radical (unpaired) electrons. The van der Waals surface area contributed by atoms with E-state index in [-0.39, 0.29) is 19.0 Å². The van der Waals surface area contributed by atoms with Gasteiger partial charge in [0, 0.05) is 26.6 Å². The van der Waals surface area contributed by atoms with Gasteiger partial charge in [-0.25, -0.2) is 9.55 Å². The first-order valence-electron chi connectivity index (χ1n) is 5.70. The summed E-state index contributed by atoms with van der Waals surface area (Å²) in [5.41, 5.74) is 0. The smallest absolute Gasteiger partial charge is 0.342 e. The van der Waals surface area contributed by atoms with Crippen LogP contribution in [0.3, 0.4) is 0 Å². The third-order valence-electron chi connectivity index (χ3n) is 2.69. The van der Waals surface area contributed by atoms with E-state index >= 15 is 0 Å². The molecule has 0 unspecified atom stereocenters. The maximum absolute atomic E-state index is 10.8. The Labute approximate surface area is 105 Å². The fourth-order valence-corrected chi connectivity index (χ4v) is 1.74. The van der Waals surface area contributed by atoms with E-state index < -0.39 is 4.92 Å².